The first-order valence-electron chi connectivity index (χ1n) is 11.1. The lowest BCUT2D eigenvalue weighted by atomic mass is 9.86. The van der Waals surface area contributed by atoms with Crippen LogP contribution in [-0.4, -0.2) is 33.4 Å². The second kappa shape index (κ2) is 10.6. The Balaban J connectivity index is 1.44. The highest BCUT2D eigenvalue weighted by Gasteiger charge is 2.27. The molecule has 10 heteroatoms. The summed E-state index contributed by atoms with van der Waals surface area (Å²) in [5.41, 5.74) is 3.08. The lowest BCUT2D eigenvalue weighted by molar-refractivity contribution is 0.109. The van der Waals surface area contributed by atoms with Crippen LogP contribution in [0.1, 0.15) is 56.2 Å². The summed E-state index contributed by atoms with van der Waals surface area (Å²) in [5, 5.41) is 20.3. The third-order valence-corrected chi connectivity index (χ3v) is 7.63. The molecule has 0 bridgehead atoms. The molecule has 0 unspecified atom stereocenters. The van der Waals surface area contributed by atoms with Crippen LogP contribution in [0.4, 0.5) is 16.3 Å². The number of rotatable bonds is 7. The maximum absolute atomic E-state index is 11.9. The molecule has 0 aliphatic heterocycles. The average molecular weight is 487 g/mol. The smallest absolute Gasteiger partial charge is 0.407 e. The van der Waals surface area contributed by atoms with E-state index in [0.717, 1.165) is 58.2 Å². The molecule has 33 heavy (non-hydrogen) atoms. The van der Waals surface area contributed by atoms with Crippen molar-refractivity contribution < 1.29 is 9.53 Å². The highest BCUT2D eigenvalue weighted by molar-refractivity contribution is 7.97. The molecule has 1 aliphatic rings. The second-order valence-corrected chi connectivity index (χ2v) is 10.2. The van der Waals surface area contributed by atoms with E-state index in [-0.39, 0.29) is 18.2 Å². The van der Waals surface area contributed by atoms with Gasteiger partial charge in [-0.3, -0.25) is 10.2 Å². The van der Waals surface area contributed by atoms with Crippen molar-refractivity contribution in [3.63, 3.8) is 0 Å². The summed E-state index contributed by atoms with van der Waals surface area (Å²) in [5.74, 6) is 1.24. The highest BCUT2D eigenvalue weighted by atomic mass is 32.2. The molecule has 1 amide bonds. The van der Waals surface area contributed by atoms with Gasteiger partial charge in [0.05, 0.1) is 27.9 Å². The van der Waals surface area contributed by atoms with Crippen LogP contribution < -0.4 is 15.8 Å². The van der Waals surface area contributed by atoms with Crippen LogP contribution in [0.2, 0.25) is 0 Å². The van der Waals surface area contributed by atoms with Crippen molar-refractivity contribution in [1.82, 2.24) is 20.5 Å². The molecule has 8 nitrogen and oxygen atoms in total. The summed E-state index contributed by atoms with van der Waals surface area (Å²) in [7, 11) is 0. The Hall–Kier alpha value is -2.56. The van der Waals surface area contributed by atoms with Crippen molar-refractivity contribution in [2.24, 2.45) is 5.14 Å². The summed E-state index contributed by atoms with van der Waals surface area (Å²) in [6, 6.07) is 8.23. The summed E-state index contributed by atoms with van der Waals surface area (Å²) in [6.07, 6.45) is 5.16. The van der Waals surface area contributed by atoms with E-state index >= 15 is 0 Å². The lowest BCUT2D eigenvalue weighted by Gasteiger charge is -2.28. The maximum atomic E-state index is 11.9. The van der Waals surface area contributed by atoms with Gasteiger partial charge in [-0.05, 0) is 70.5 Å². The number of aromatic amines is 1. The third-order valence-electron chi connectivity index (χ3n) is 5.69. The van der Waals surface area contributed by atoms with Gasteiger partial charge in [0, 0.05) is 34.2 Å². The molecule has 0 spiro atoms. The summed E-state index contributed by atoms with van der Waals surface area (Å²) >= 11 is 3.00. The quantitative estimate of drug-likeness (QED) is 0.316. The van der Waals surface area contributed by atoms with E-state index < -0.39 is 0 Å². The molecule has 0 radical (unpaired) electrons. The number of thiazole rings is 1. The van der Waals surface area contributed by atoms with Crippen LogP contribution in [0.3, 0.4) is 0 Å². The summed E-state index contributed by atoms with van der Waals surface area (Å²) < 4.78 is 5.21. The Morgan fingerprint density at radius 1 is 1.27 bits per heavy atom. The van der Waals surface area contributed by atoms with Crippen LogP contribution in [-0.2, 0) is 4.74 Å². The molecule has 0 atom stereocenters. The maximum Gasteiger partial charge on any atom is 0.407 e. The Kier molecular flexibility index (Phi) is 7.56. The van der Waals surface area contributed by atoms with Gasteiger partial charge in [-0.1, -0.05) is 6.07 Å². The fourth-order valence-electron chi connectivity index (χ4n) is 4.11. The van der Waals surface area contributed by atoms with E-state index in [2.05, 4.69) is 33.8 Å². The Labute approximate surface area is 202 Å². The van der Waals surface area contributed by atoms with Gasteiger partial charge in [-0.15, -0.1) is 11.3 Å². The topological polar surface area (TPSA) is 118 Å². The number of H-pyrrole nitrogens is 1. The Morgan fingerprint density at radius 3 is 2.73 bits per heavy atom. The molecular formula is C23H30N6O2S2. The first-order chi connectivity index (χ1) is 15.9. The van der Waals surface area contributed by atoms with Crippen molar-refractivity contribution in [2.75, 3.05) is 5.32 Å². The van der Waals surface area contributed by atoms with Crippen LogP contribution in [0.25, 0.3) is 10.4 Å². The normalized spacial score (nSPS) is 18.3. The number of nitrogens with two attached hydrogens (primary N) is 1. The van der Waals surface area contributed by atoms with Crippen molar-refractivity contribution in [3.05, 3.63) is 41.2 Å². The number of alkyl carbamates (subject to hydrolysis) is 1. The fraction of sp³-hybridized carbons (Fsp3) is 0.435. The van der Waals surface area contributed by atoms with Gasteiger partial charge in [0.1, 0.15) is 5.82 Å². The molecule has 1 aliphatic carbocycles. The molecule has 0 saturated heterocycles. The van der Waals surface area contributed by atoms with Crippen molar-refractivity contribution in [1.29, 1.82) is 0 Å². The first-order valence-corrected chi connectivity index (χ1v) is 12.8. The molecule has 3 aromatic rings. The Morgan fingerprint density at radius 2 is 2.06 bits per heavy atom. The number of nitrogens with one attached hydrogen (secondary N) is 3. The predicted molar refractivity (Wildman–Crippen MR) is 134 cm³/mol. The molecule has 2 aromatic heterocycles. The van der Waals surface area contributed by atoms with E-state index in [9.17, 15) is 4.79 Å². The van der Waals surface area contributed by atoms with Crippen molar-refractivity contribution >= 4 is 40.9 Å². The summed E-state index contributed by atoms with van der Waals surface area (Å²) in [4.78, 5) is 19.0. The van der Waals surface area contributed by atoms with Crippen LogP contribution >= 0.6 is 23.3 Å². The first kappa shape index (κ1) is 23.6. The minimum Gasteiger partial charge on any atom is -0.447 e. The van der Waals surface area contributed by atoms with Gasteiger partial charge >= 0.3 is 6.09 Å². The van der Waals surface area contributed by atoms with Crippen LogP contribution in [0.15, 0.2) is 35.4 Å². The van der Waals surface area contributed by atoms with E-state index in [0.29, 0.717) is 5.92 Å². The number of hydrogen-bond acceptors (Lipinski definition) is 8. The zero-order valence-electron chi connectivity index (χ0n) is 19.1. The van der Waals surface area contributed by atoms with Gasteiger partial charge in [0.2, 0.25) is 0 Å². The minimum absolute atomic E-state index is 0.107. The SMILES string of the molecule is Cc1nc(C2CCC(NC(=O)OC(C)C)CC2)sc1-c1ccc(Nc2ccn[nH]2)cc1SN. The van der Waals surface area contributed by atoms with E-state index in [1.54, 1.807) is 17.5 Å². The zero-order chi connectivity index (χ0) is 23.4. The van der Waals surface area contributed by atoms with Gasteiger partial charge < -0.3 is 15.4 Å². The molecular weight excluding hydrogens is 456 g/mol. The zero-order valence-corrected chi connectivity index (χ0v) is 20.7. The third kappa shape index (κ3) is 5.87. The molecule has 2 heterocycles. The minimum atomic E-state index is -0.321. The standard InChI is InChI=1S/C23H30N6O2S2/c1-13(2)31-23(30)28-16-6-4-15(5-7-16)22-26-14(3)21(32-22)18-9-8-17(12-19(18)33-24)27-20-10-11-25-29-20/h8-13,15-16H,4-7,24H2,1-3H3,(H,28,30)(H2,25,27,29). The molecule has 1 aromatic carbocycles. The van der Waals surface area contributed by atoms with Gasteiger partial charge in [-0.25, -0.2) is 9.78 Å². The molecule has 4 rings (SSSR count). The van der Waals surface area contributed by atoms with Gasteiger partial charge in [-0.2, -0.15) is 5.10 Å². The number of carbonyl (C=O) groups excluding carboxylic acids is 1. The average Bonchev–Trinajstić information content (AvgIpc) is 3.43. The Bertz CT molecular complexity index is 1070. The number of carbonyl (C=O) groups is 1. The molecule has 176 valence electrons. The van der Waals surface area contributed by atoms with E-state index in [1.807, 2.05) is 32.0 Å². The molecule has 5 N–H and O–H groups in total. The number of ether oxygens (including phenoxy) is 1. The molecule has 1 saturated carbocycles. The molecule has 1 fully saturated rings. The monoisotopic (exact) mass is 486 g/mol. The fourth-order valence-corrected chi connectivity index (χ4v) is 5.94. The van der Waals surface area contributed by atoms with Gasteiger partial charge in [0.25, 0.3) is 0 Å². The van der Waals surface area contributed by atoms with E-state index in [1.165, 1.54) is 17.0 Å². The number of aryl methyl sites for hydroxylation is 1. The highest BCUT2D eigenvalue weighted by Crippen LogP contribution is 2.42. The second-order valence-electron chi connectivity index (χ2n) is 8.54. The largest absolute Gasteiger partial charge is 0.447 e. The number of anilines is 2. The van der Waals surface area contributed by atoms with Crippen LogP contribution in [0, 0.1) is 6.92 Å². The number of hydrogen-bond donors (Lipinski definition) is 4. The number of aromatic nitrogens is 3. The predicted octanol–water partition coefficient (Wildman–Crippen LogP) is 5.71. The van der Waals surface area contributed by atoms with Crippen LogP contribution in [0.5, 0.6) is 0 Å². The van der Waals surface area contributed by atoms with Crippen molar-refractivity contribution in [2.45, 2.75) is 69.4 Å². The van der Waals surface area contributed by atoms with E-state index in [4.69, 9.17) is 14.9 Å². The number of nitrogens with zero attached hydrogens (tertiary/aromatic N) is 2. The number of amides is 1. The number of benzene rings is 1. The van der Waals surface area contributed by atoms with Crippen molar-refractivity contribution in [3.8, 4) is 10.4 Å². The van der Waals surface area contributed by atoms with Gasteiger partial charge in [0.15, 0.2) is 0 Å². The lowest BCUT2D eigenvalue weighted by Crippen LogP contribution is -2.38. The summed E-state index contributed by atoms with van der Waals surface area (Å²) in [6.45, 7) is 5.78.